The second kappa shape index (κ2) is 6.85. The molecule has 20 heavy (non-hydrogen) atoms. The molecular weight excluding hydrogens is 284 g/mol. The van der Waals surface area contributed by atoms with E-state index in [1.165, 1.54) is 29.1 Å². The maximum Gasteiger partial charge on any atom is 0.0464 e. The Morgan fingerprint density at radius 3 is 2.80 bits per heavy atom. The fraction of sp³-hybridized carbons (Fsp3) is 0.500. The van der Waals surface area contributed by atoms with Crippen LogP contribution in [-0.4, -0.2) is 31.1 Å². The molecule has 0 aliphatic carbocycles. The summed E-state index contributed by atoms with van der Waals surface area (Å²) in [5.74, 6) is 0. The Morgan fingerprint density at radius 1 is 1.30 bits per heavy atom. The number of likely N-dealkylation sites (tertiary alicyclic amines) is 1. The van der Waals surface area contributed by atoms with Gasteiger partial charge in [-0.3, -0.25) is 0 Å². The van der Waals surface area contributed by atoms with Gasteiger partial charge in [-0.1, -0.05) is 12.1 Å². The minimum absolute atomic E-state index is 0.461. The highest BCUT2D eigenvalue weighted by Crippen LogP contribution is 2.25. The van der Waals surface area contributed by atoms with E-state index in [9.17, 15) is 0 Å². The van der Waals surface area contributed by atoms with Gasteiger partial charge in [-0.15, -0.1) is 22.7 Å². The second-order valence-electron chi connectivity index (χ2n) is 5.54. The number of rotatable bonds is 6. The normalized spacial score (nSPS) is 21.4. The van der Waals surface area contributed by atoms with Crippen molar-refractivity contribution in [2.24, 2.45) is 0 Å². The molecule has 2 aromatic rings. The largest absolute Gasteiger partial charge is 0.307 e. The highest BCUT2D eigenvalue weighted by molar-refractivity contribution is 7.10. The lowest BCUT2D eigenvalue weighted by Gasteiger charge is -2.24. The summed E-state index contributed by atoms with van der Waals surface area (Å²) in [6, 6.07) is 9.98. The molecule has 0 amide bonds. The van der Waals surface area contributed by atoms with Gasteiger partial charge in [0, 0.05) is 34.8 Å². The Morgan fingerprint density at radius 2 is 2.15 bits per heavy atom. The number of hydrogen-bond acceptors (Lipinski definition) is 4. The van der Waals surface area contributed by atoms with E-state index in [0.717, 1.165) is 13.0 Å². The molecule has 0 spiro atoms. The predicted octanol–water partition coefficient (Wildman–Crippen LogP) is 3.78. The molecule has 3 heterocycles. The Bertz CT molecular complexity index is 493. The number of likely N-dealkylation sites (N-methyl/N-ethyl adjacent to an activating group) is 1. The van der Waals surface area contributed by atoms with Crippen molar-refractivity contribution in [3.8, 4) is 0 Å². The van der Waals surface area contributed by atoms with E-state index < -0.39 is 0 Å². The molecule has 2 nitrogen and oxygen atoms in total. The van der Waals surface area contributed by atoms with Gasteiger partial charge >= 0.3 is 0 Å². The summed E-state index contributed by atoms with van der Waals surface area (Å²) in [4.78, 5) is 5.42. The van der Waals surface area contributed by atoms with Crippen molar-refractivity contribution in [3.05, 3.63) is 44.8 Å². The van der Waals surface area contributed by atoms with Crippen LogP contribution in [0.25, 0.3) is 0 Å². The van der Waals surface area contributed by atoms with E-state index >= 15 is 0 Å². The van der Waals surface area contributed by atoms with Crippen LogP contribution < -0.4 is 5.32 Å². The summed E-state index contributed by atoms with van der Waals surface area (Å²) in [6.07, 6.45) is 3.78. The summed E-state index contributed by atoms with van der Waals surface area (Å²) in [6.45, 7) is 2.35. The Labute approximate surface area is 129 Å². The Balaban J connectivity index is 1.63. The molecule has 2 atom stereocenters. The highest BCUT2D eigenvalue weighted by Gasteiger charge is 2.22. The summed E-state index contributed by atoms with van der Waals surface area (Å²) < 4.78 is 0. The Kier molecular flexibility index (Phi) is 4.89. The summed E-state index contributed by atoms with van der Waals surface area (Å²) in [5, 5.41) is 8.16. The zero-order valence-corrected chi connectivity index (χ0v) is 13.6. The van der Waals surface area contributed by atoms with Crippen molar-refractivity contribution in [2.45, 2.75) is 31.3 Å². The first kappa shape index (κ1) is 14.3. The van der Waals surface area contributed by atoms with Crippen LogP contribution in [0, 0.1) is 0 Å². The van der Waals surface area contributed by atoms with Crippen molar-refractivity contribution in [2.75, 3.05) is 20.1 Å². The van der Waals surface area contributed by atoms with Gasteiger partial charge in [0.2, 0.25) is 0 Å². The number of hydrogen-bond donors (Lipinski definition) is 1. The van der Waals surface area contributed by atoms with Crippen LogP contribution in [0.4, 0.5) is 0 Å². The van der Waals surface area contributed by atoms with Gasteiger partial charge in [0.25, 0.3) is 0 Å². The van der Waals surface area contributed by atoms with Gasteiger partial charge in [0.15, 0.2) is 0 Å². The van der Waals surface area contributed by atoms with E-state index in [1.54, 1.807) is 0 Å². The van der Waals surface area contributed by atoms with Crippen LogP contribution in [0.2, 0.25) is 0 Å². The molecule has 4 heteroatoms. The molecule has 1 saturated heterocycles. The average Bonchev–Trinajstić information content (AvgIpc) is 3.18. The molecule has 1 N–H and O–H groups in total. The molecule has 1 fully saturated rings. The fourth-order valence-corrected chi connectivity index (χ4v) is 4.46. The van der Waals surface area contributed by atoms with Gasteiger partial charge in [-0.2, -0.15) is 0 Å². The van der Waals surface area contributed by atoms with Gasteiger partial charge in [0.05, 0.1) is 0 Å². The van der Waals surface area contributed by atoms with Gasteiger partial charge in [0.1, 0.15) is 0 Å². The van der Waals surface area contributed by atoms with Crippen LogP contribution >= 0.6 is 22.7 Å². The van der Waals surface area contributed by atoms with Crippen molar-refractivity contribution >= 4 is 22.7 Å². The number of thiophene rings is 2. The quantitative estimate of drug-likeness (QED) is 0.874. The third-order valence-corrected chi connectivity index (χ3v) is 6.03. The molecule has 0 bridgehead atoms. The molecule has 1 aliphatic rings. The third kappa shape index (κ3) is 3.50. The molecule has 0 aromatic carbocycles. The lowest BCUT2D eigenvalue weighted by Crippen LogP contribution is -2.37. The van der Waals surface area contributed by atoms with E-state index in [-0.39, 0.29) is 0 Å². The molecular formula is C16H22N2S2. The minimum Gasteiger partial charge on any atom is -0.307 e. The molecule has 0 saturated carbocycles. The smallest absolute Gasteiger partial charge is 0.0464 e. The number of nitrogens with zero attached hydrogens (tertiary/aromatic N) is 1. The van der Waals surface area contributed by atoms with E-state index in [0.29, 0.717) is 12.1 Å². The first-order valence-electron chi connectivity index (χ1n) is 7.32. The molecule has 2 aromatic heterocycles. The maximum atomic E-state index is 3.81. The van der Waals surface area contributed by atoms with Crippen molar-refractivity contribution < 1.29 is 0 Å². The molecule has 108 valence electrons. The SMILES string of the molecule is CN1CCCC1CNC(Cc1cccs1)c1cccs1. The third-order valence-electron chi connectivity index (χ3n) is 4.14. The van der Waals surface area contributed by atoms with Gasteiger partial charge in [-0.05, 0) is 49.3 Å². The minimum atomic E-state index is 0.461. The van der Waals surface area contributed by atoms with Crippen LogP contribution in [0.3, 0.4) is 0 Å². The van der Waals surface area contributed by atoms with Crippen molar-refractivity contribution in [3.63, 3.8) is 0 Å². The van der Waals surface area contributed by atoms with Crippen LogP contribution in [0.5, 0.6) is 0 Å². The van der Waals surface area contributed by atoms with E-state index in [2.05, 4.69) is 52.3 Å². The lowest BCUT2D eigenvalue weighted by atomic mass is 10.1. The monoisotopic (exact) mass is 306 g/mol. The predicted molar refractivity (Wildman–Crippen MR) is 88.7 cm³/mol. The van der Waals surface area contributed by atoms with E-state index in [4.69, 9.17) is 0 Å². The van der Waals surface area contributed by atoms with Gasteiger partial charge in [-0.25, -0.2) is 0 Å². The maximum absolute atomic E-state index is 3.81. The zero-order valence-electron chi connectivity index (χ0n) is 11.9. The Hall–Kier alpha value is -0.680. The van der Waals surface area contributed by atoms with Crippen molar-refractivity contribution in [1.82, 2.24) is 10.2 Å². The molecule has 2 unspecified atom stereocenters. The lowest BCUT2D eigenvalue weighted by molar-refractivity contribution is 0.291. The first-order valence-corrected chi connectivity index (χ1v) is 9.08. The molecule has 1 aliphatic heterocycles. The average molecular weight is 306 g/mol. The fourth-order valence-electron chi connectivity index (χ4n) is 2.91. The standard InChI is InChI=1S/C16H22N2S2/c1-18-8-2-5-13(18)12-17-15(16-7-4-10-20-16)11-14-6-3-9-19-14/h3-4,6-7,9-10,13,15,17H,2,5,8,11-12H2,1H3. The summed E-state index contributed by atoms with van der Waals surface area (Å²) in [7, 11) is 2.25. The van der Waals surface area contributed by atoms with Crippen LogP contribution in [0.15, 0.2) is 35.0 Å². The van der Waals surface area contributed by atoms with Gasteiger partial charge < -0.3 is 10.2 Å². The summed E-state index contributed by atoms with van der Waals surface area (Å²) >= 11 is 3.73. The highest BCUT2D eigenvalue weighted by atomic mass is 32.1. The summed E-state index contributed by atoms with van der Waals surface area (Å²) in [5.41, 5.74) is 0. The first-order chi connectivity index (χ1) is 9.83. The van der Waals surface area contributed by atoms with E-state index in [1.807, 2.05) is 22.7 Å². The molecule has 0 radical (unpaired) electrons. The number of nitrogens with one attached hydrogen (secondary N) is 1. The van der Waals surface area contributed by atoms with Crippen molar-refractivity contribution in [1.29, 1.82) is 0 Å². The zero-order chi connectivity index (χ0) is 13.8. The topological polar surface area (TPSA) is 15.3 Å². The van der Waals surface area contributed by atoms with Crippen LogP contribution in [-0.2, 0) is 6.42 Å². The second-order valence-corrected chi connectivity index (χ2v) is 7.55. The molecule has 3 rings (SSSR count). The van der Waals surface area contributed by atoms with Crippen LogP contribution in [0.1, 0.15) is 28.6 Å².